The van der Waals surface area contributed by atoms with E-state index in [9.17, 15) is 18.4 Å². The number of pyridine rings is 1. The van der Waals surface area contributed by atoms with Crippen molar-refractivity contribution >= 4 is 45.9 Å². The summed E-state index contributed by atoms with van der Waals surface area (Å²) in [7, 11) is 1.32. The molecule has 2 aromatic rings. The molecule has 11 heteroatoms. The number of nitrogens with zero attached hydrogens (tertiary/aromatic N) is 4. The molecular formula is C22H17ClF2N4O3S. The largest absolute Gasteiger partial charge is 0.494 e. The van der Waals surface area contributed by atoms with E-state index in [1.54, 1.807) is 13.0 Å². The fraction of sp³-hybridized carbons (Fsp3) is 0.273. The van der Waals surface area contributed by atoms with Crippen LogP contribution in [0.2, 0.25) is 5.02 Å². The number of aryl methyl sites for hydroxylation is 1. The molecule has 4 rings (SSSR count). The summed E-state index contributed by atoms with van der Waals surface area (Å²) in [4.78, 5) is 33.0. The Balaban J connectivity index is 1.77. The molecule has 3 amide bonds. The summed E-state index contributed by atoms with van der Waals surface area (Å²) in [6.07, 6.45) is 3.00. The van der Waals surface area contributed by atoms with Crippen molar-refractivity contribution in [3.8, 4) is 11.8 Å². The maximum Gasteiger partial charge on any atom is 0.332 e. The van der Waals surface area contributed by atoms with Gasteiger partial charge in [0.25, 0.3) is 5.91 Å². The summed E-state index contributed by atoms with van der Waals surface area (Å²) in [5.74, 6) is -2.23. The Hall–Kier alpha value is -3.16. The number of carbonyl (C=O) groups is 2. The zero-order valence-electron chi connectivity index (χ0n) is 17.5. The number of urea groups is 1. The number of thioether (sulfide) groups is 1. The second-order valence-electron chi connectivity index (χ2n) is 7.41. The van der Waals surface area contributed by atoms with Crippen LogP contribution in [-0.2, 0) is 4.79 Å². The second kappa shape index (κ2) is 9.00. The van der Waals surface area contributed by atoms with E-state index in [0.717, 1.165) is 22.7 Å². The topological polar surface area (TPSA) is 86.5 Å². The van der Waals surface area contributed by atoms with Crippen LogP contribution in [0.4, 0.5) is 19.3 Å². The average molecular weight is 491 g/mol. The number of rotatable bonds is 5. The molecule has 2 atom stereocenters. The van der Waals surface area contributed by atoms with Gasteiger partial charge in [-0.25, -0.2) is 19.1 Å². The average Bonchev–Trinajstić information content (AvgIpc) is 3.21. The highest BCUT2D eigenvalue weighted by atomic mass is 35.5. The van der Waals surface area contributed by atoms with E-state index in [2.05, 4.69) is 4.98 Å². The van der Waals surface area contributed by atoms with Gasteiger partial charge < -0.3 is 9.64 Å². The van der Waals surface area contributed by atoms with Gasteiger partial charge in [0.05, 0.1) is 30.7 Å². The first kappa shape index (κ1) is 23.0. The van der Waals surface area contributed by atoms with Crippen LogP contribution in [0.5, 0.6) is 5.75 Å². The Labute approximate surface area is 197 Å². The van der Waals surface area contributed by atoms with E-state index in [-0.39, 0.29) is 29.4 Å². The van der Waals surface area contributed by atoms with Crippen LogP contribution in [0.3, 0.4) is 0 Å². The molecule has 1 aromatic carbocycles. The summed E-state index contributed by atoms with van der Waals surface area (Å²) >= 11 is 7.39. The van der Waals surface area contributed by atoms with Gasteiger partial charge in [-0.3, -0.25) is 4.79 Å². The molecule has 2 unspecified atom stereocenters. The summed E-state index contributed by atoms with van der Waals surface area (Å²) < 4.78 is 33.6. The third kappa shape index (κ3) is 4.03. The first-order valence-electron chi connectivity index (χ1n) is 9.82. The molecule has 170 valence electrons. The number of halogens is 3. The molecule has 0 aliphatic carbocycles. The molecule has 0 saturated carbocycles. The van der Waals surface area contributed by atoms with Gasteiger partial charge in [0.2, 0.25) is 5.95 Å². The zero-order chi connectivity index (χ0) is 23.9. The van der Waals surface area contributed by atoms with Crippen molar-refractivity contribution in [3.05, 3.63) is 58.4 Å². The summed E-state index contributed by atoms with van der Waals surface area (Å²) in [5, 5.41) is 8.36. The predicted octanol–water partition coefficient (Wildman–Crippen LogP) is 4.54. The Morgan fingerprint density at radius 2 is 2.06 bits per heavy atom. The highest BCUT2D eigenvalue weighted by Crippen LogP contribution is 2.47. The molecule has 1 saturated heterocycles. The standard InChI is InChI=1S/C22H17ClF2N4O3S/c1-11-6-16(20(25)27-10-11)29-21(30)19-15(28(22(29)31)5-3-4-26)9-18(33-19)12-7-17(32-2)14(24)8-13(12)23/h6-10,15,19H,3,5H2,1-2H3. The number of nitriles is 1. The van der Waals surface area contributed by atoms with Gasteiger partial charge in [-0.15, -0.1) is 11.8 Å². The molecule has 3 heterocycles. The molecule has 7 nitrogen and oxygen atoms in total. The Kier molecular flexibility index (Phi) is 6.28. The molecule has 0 bridgehead atoms. The maximum absolute atomic E-state index is 14.5. The molecule has 0 spiro atoms. The minimum absolute atomic E-state index is 0.0184. The second-order valence-corrected chi connectivity index (χ2v) is 9.00. The van der Waals surface area contributed by atoms with Crippen LogP contribution in [-0.4, -0.2) is 46.8 Å². The lowest BCUT2D eigenvalue weighted by Crippen LogP contribution is -2.62. The SMILES string of the molecule is COc1cc(C2=CC3C(S2)C(=O)N(c2cc(C)cnc2F)C(=O)N3CCC#N)c(Cl)cc1F. The van der Waals surface area contributed by atoms with E-state index in [1.807, 2.05) is 6.07 Å². The van der Waals surface area contributed by atoms with Crippen LogP contribution in [0.25, 0.3) is 4.91 Å². The molecule has 33 heavy (non-hydrogen) atoms. The number of ether oxygens (including phenoxy) is 1. The summed E-state index contributed by atoms with van der Waals surface area (Å²) in [6.45, 7) is 1.70. The number of carbonyl (C=O) groups excluding carboxylic acids is 2. The lowest BCUT2D eigenvalue weighted by molar-refractivity contribution is -0.119. The fourth-order valence-corrected chi connectivity index (χ4v) is 5.44. The van der Waals surface area contributed by atoms with Crippen LogP contribution in [0.1, 0.15) is 17.5 Å². The normalized spacial score (nSPS) is 19.9. The Morgan fingerprint density at radius 1 is 1.30 bits per heavy atom. The van der Waals surface area contributed by atoms with E-state index in [4.69, 9.17) is 21.6 Å². The molecule has 1 fully saturated rings. The predicted molar refractivity (Wildman–Crippen MR) is 120 cm³/mol. The van der Waals surface area contributed by atoms with Crippen LogP contribution in [0.15, 0.2) is 30.5 Å². The third-order valence-electron chi connectivity index (χ3n) is 5.32. The number of fused-ring (bicyclic) bond motifs is 1. The van der Waals surface area contributed by atoms with Gasteiger partial charge in [0, 0.05) is 23.2 Å². The number of methoxy groups -OCH3 is 1. The number of hydrogen-bond acceptors (Lipinski definition) is 6. The van der Waals surface area contributed by atoms with E-state index in [1.165, 1.54) is 30.3 Å². The lowest BCUT2D eigenvalue weighted by Gasteiger charge is -2.40. The number of aromatic nitrogens is 1. The van der Waals surface area contributed by atoms with Crippen LogP contribution >= 0.6 is 23.4 Å². The minimum atomic E-state index is -0.955. The number of amides is 3. The van der Waals surface area contributed by atoms with Gasteiger partial charge in [0.1, 0.15) is 10.9 Å². The lowest BCUT2D eigenvalue weighted by atomic mass is 10.0. The highest BCUT2D eigenvalue weighted by molar-refractivity contribution is 8.09. The number of anilines is 1. The van der Waals surface area contributed by atoms with E-state index in [0.29, 0.717) is 16.0 Å². The molecule has 2 aliphatic rings. The molecule has 0 N–H and O–H groups in total. The van der Waals surface area contributed by atoms with Crippen molar-refractivity contribution in [1.29, 1.82) is 5.26 Å². The fourth-order valence-electron chi connectivity index (χ4n) is 3.77. The summed E-state index contributed by atoms with van der Waals surface area (Å²) in [5.41, 5.74) is 0.756. The van der Waals surface area contributed by atoms with Crippen molar-refractivity contribution in [2.75, 3.05) is 18.6 Å². The van der Waals surface area contributed by atoms with Gasteiger partial charge in [0.15, 0.2) is 11.6 Å². The quantitative estimate of drug-likeness (QED) is 0.572. The molecule has 2 aliphatic heterocycles. The summed E-state index contributed by atoms with van der Waals surface area (Å²) in [6, 6.07) is 4.45. The molecule has 1 aromatic heterocycles. The molecule has 0 radical (unpaired) electrons. The highest BCUT2D eigenvalue weighted by Gasteiger charge is 2.50. The van der Waals surface area contributed by atoms with Crippen molar-refractivity contribution in [2.45, 2.75) is 24.6 Å². The smallest absolute Gasteiger partial charge is 0.332 e. The van der Waals surface area contributed by atoms with Crippen molar-refractivity contribution in [2.24, 2.45) is 0 Å². The van der Waals surface area contributed by atoms with Gasteiger partial charge in [-0.05, 0) is 36.8 Å². The minimum Gasteiger partial charge on any atom is -0.494 e. The third-order valence-corrected chi connectivity index (χ3v) is 6.97. The maximum atomic E-state index is 14.5. The van der Waals surface area contributed by atoms with Crippen molar-refractivity contribution in [3.63, 3.8) is 0 Å². The molecular weight excluding hydrogens is 474 g/mol. The van der Waals surface area contributed by atoms with Gasteiger partial charge in [-0.1, -0.05) is 11.6 Å². The van der Waals surface area contributed by atoms with Crippen LogP contribution < -0.4 is 9.64 Å². The van der Waals surface area contributed by atoms with Crippen molar-refractivity contribution < 1.29 is 23.1 Å². The van der Waals surface area contributed by atoms with Gasteiger partial charge in [-0.2, -0.15) is 9.65 Å². The van der Waals surface area contributed by atoms with Crippen LogP contribution in [0, 0.1) is 30.0 Å². The van der Waals surface area contributed by atoms with E-state index >= 15 is 0 Å². The number of hydrogen-bond donors (Lipinski definition) is 0. The monoisotopic (exact) mass is 490 g/mol. The van der Waals surface area contributed by atoms with E-state index < -0.39 is 35.0 Å². The zero-order valence-corrected chi connectivity index (χ0v) is 19.1. The first-order valence-corrected chi connectivity index (χ1v) is 11.1. The first-order chi connectivity index (χ1) is 15.8. The Morgan fingerprint density at radius 3 is 2.76 bits per heavy atom. The van der Waals surface area contributed by atoms with Gasteiger partial charge >= 0.3 is 6.03 Å². The number of benzene rings is 1. The Bertz CT molecular complexity index is 1230. The van der Waals surface area contributed by atoms with Crippen molar-refractivity contribution in [1.82, 2.24) is 9.88 Å². The number of imide groups is 1.